The molecule has 4 N–H and O–H groups in total. The average molecular weight is 409 g/mol. The first-order valence-corrected chi connectivity index (χ1v) is 9.15. The Morgan fingerprint density at radius 3 is 2.81 bits per heavy atom. The van der Waals surface area contributed by atoms with E-state index in [1.807, 2.05) is 13.8 Å². The van der Waals surface area contributed by atoms with E-state index in [1.54, 1.807) is 0 Å². The van der Waals surface area contributed by atoms with Gasteiger partial charge in [0.05, 0.1) is 24.9 Å². The lowest BCUT2D eigenvalue weighted by Crippen LogP contribution is -2.30. The number of nitrogens with zero attached hydrogens (tertiary/aromatic N) is 5. The third kappa shape index (κ3) is 4.19. The number of nitrogens with two attached hydrogens (primary N) is 1. The number of ether oxygens (including phenoxy) is 1. The molecule has 3 heterocycles. The van der Waals surface area contributed by atoms with Gasteiger partial charge < -0.3 is 15.5 Å². The van der Waals surface area contributed by atoms with Gasteiger partial charge in [-0.1, -0.05) is 37.2 Å². The molecule has 27 heavy (non-hydrogen) atoms. The van der Waals surface area contributed by atoms with Gasteiger partial charge in [-0.2, -0.15) is 9.97 Å². The molecule has 3 aromatic rings. The first kappa shape index (κ1) is 19.1. The quantitative estimate of drug-likeness (QED) is 0.412. The molecule has 0 spiro atoms. The minimum atomic E-state index is -0.490. The Balaban J connectivity index is 1.84. The minimum Gasteiger partial charge on any atom is -0.480 e. The number of halogens is 1. The molecule has 0 aliphatic carbocycles. The standard InChI is InChI=1S/C15H17ClN8O2S/c1-6(2)9(11(25)22-15-18-4-7(16)12(23-15)26-3)27-13-8-10(20-5-19-8)21-14(17)24-13/h4-6,9H,1-3H3,(H,18,22,23,25)(H3,17,19,20,21,24)/t9-/m1/s1. The Morgan fingerprint density at radius 2 is 2.11 bits per heavy atom. The van der Waals surface area contributed by atoms with E-state index < -0.39 is 5.25 Å². The summed E-state index contributed by atoms with van der Waals surface area (Å²) in [4.78, 5) is 36.2. The van der Waals surface area contributed by atoms with Crippen molar-refractivity contribution in [3.05, 3.63) is 17.5 Å². The predicted octanol–water partition coefficient (Wildman–Crippen LogP) is 2.14. The second-order valence-corrected chi connectivity index (χ2v) is 7.35. The number of aromatic amines is 1. The smallest absolute Gasteiger partial charge is 0.240 e. The second-order valence-electron chi connectivity index (χ2n) is 5.81. The molecule has 0 saturated carbocycles. The van der Waals surface area contributed by atoms with Crippen LogP contribution >= 0.6 is 23.4 Å². The number of fused-ring (bicyclic) bond motifs is 1. The Hall–Kier alpha value is -2.66. The highest BCUT2D eigenvalue weighted by atomic mass is 35.5. The van der Waals surface area contributed by atoms with Crippen molar-refractivity contribution in [2.75, 3.05) is 18.2 Å². The molecule has 0 fully saturated rings. The summed E-state index contributed by atoms with van der Waals surface area (Å²) in [5.74, 6) is 0.0632. The molecular weight excluding hydrogens is 392 g/mol. The van der Waals surface area contributed by atoms with Crippen LogP contribution in [-0.4, -0.2) is 48.2 Å². The molecule has 0 aliphatic heterocycles. The Kier molecular flexibility index (Phi) is 5.61. The van der Waals surface area contributed by atoms with Crippen molar-refractivity contribution in [1.82, 2.24) is 29.9 Å². The number of H-pyrrole nitrogens is 1. The maximum absolute atomic E-state index is 12.8. The molecule has 10 nitrogen and oxygen atoms in total. The lowest BCUT2D eigenvalue weighted by Gasteiger charge is -2.19. The SMILES string of the molecule is COc1nc(NC(=O)[C@H](Sc2nc(N)nc3nc[nH]c23)C(C)C)ncc1Cl. The Morgan fingerprint density at radius 1 is 1.33 bits per heavy atom. The van der Waals surface area contributed by atoms with Crippen molar-refractivity contribution in [2.24, 2.45) is 5.92 Å². The fourth-order valence-corrected chi connectivity index (χ4v) is 3.52. The van der Waals surface area contributed by atoms with Crippen LogP contribution in [0.2, 0.25) is 5.02 Å². The lowest BCUT2D eigenvalue weighted by molar-refractivity contribution is -0.116. The van der Waals surface area contributed by atoms with E-state index in [9.17, 15) is 4.79 Å². The Labute approximate surface area is 163 Å². The molecule has 0 saturated heterocycles. The van der Waals surface area contributed by atoms with Crippen LogP contribution in [0.5, 0.6) is 5.88 Å². The van der Waals surface area contributed by atoms with Gasteiger partial charge in [-0.05, 0) is 5.92 Å². The molecule has 0 bridgehead atoms. The highest BCUT2D eigenvalue weighted by Gasteiger charge is 2.27. The number of anilines is 2. The lowest BCUT2D eigenvalue weighted by atomic mass is 10.1. The van der Waals surface area contributed by atoms with E-state index in [0.717, 1.165) is 0 Å². The zero-order valence-electron chi connectivity index (χ0n) is 14.7. The van der Waals surface area contributed by atoms with Gasteiger partial charge >= 0.3 is 0 Å². The maximum Gasteiger partial charge on any atom is 0.240 e. The number of carbonyl (C=O) groups excluding carboxylic acids is 1. The van der Waals surface area contributed by atoms with Gasteiger partial charge in [0.25, 0.3) is 0 Å². The number of rotatable bonds is 6. The molecule has 3 aromatic heterocycles. The highest BCUT2D eigenvalue weighted by Crippen LogP contribution is 2.32. The summed E-state index contributed by atoms with van der Waals surface area (Å²) < 4.78 is 5.04. The number of imidazole rings is 1. The van der Waals surface area contributed by atoms with Crippen LogP contribution in [0.4, 0.5) is 11.9 Å². The van der Waals surface area contributed by atoms with Crippen LogP contribution in [0.15, 0.2) is 17.6 Å². The van der Waals surface area contributed by atoms with E-state index >= 15 is 0 Å². The third-order valence-electron chi connectivity index (χ3n) is 3.51. The van der Waals surface area contributed by atoms with Crippen molar-refractivity contribution in [1.29, 1.82) is 0 Å². The van der Waals surface area contributed by atoms with Gasteiger partial charge in [-0.15, -0.1) is 0 Å². The zero-order valence-corrected chi connectivity index (χ0v) is 16.3. The molecular formula is C15H17ClN8O2S. The van der Waals surface area contributed by atoms with Crippen LogP contribution in [-0.2, 0) is 4.79 Å². The van der Waals surface area contributed by atoms with E-state index in [2.05, 4.69) is 35.2 Å². The number of aromatic nitrogens is 6. The number of hydrogen-bond donors (Lipinski definition) is 3. The van der Waals surface area contributed by atoms with Crippen LogP contribution in [0.3, 0.4) is 0 Å². The van der Waals surface area contributed by atoms with Crippen molar-refractivity contribution in [2.45, 2.75) is 24.1 Å². The van der Waals surface area contributed by atoms with Crippen LogP contribution in [0.1, 0.15) is 13.8 Å². The number of carbonyl (C=O) groups is 1. The highest BCUT2D eigenvalue weighted by molar-refractivity contribution is 8.00. The van der Waals surface area contributed by atoms with E-state index in [1.165, 1.54) is 31.4 Å². The van der Waals surface area contributed by atoms with Gasteiger partial charge in [-0.3, -0.25) is 10.1 Å². The Bertz CT molecular complexity index is 980. The second kappa shape index (κ2) is 7.92. The number of nitrogen functional groups attached to an aromatic ring is 1. The molecule has 1 amide bonds. The fourth-order valence-electron chi connectivity index (χ4n) is 2.26. The summed E-state index contributed by atoms with van der Waals surface area (Å²) in [6.07, 6.45) is 2.86. The molecule has 0 unspecified atom stereocenters. The van der Waals surface area contributed by atoms with Crippen molar-refractivity contribution >= 4 is 52.3 Å². The summed E-state index contributed by atoms with van der Waals surface area (Å²) in [6.45, 7) is 3.85. The van der Waals surface area contributed by atoms with Gasteiger partial charge in [0.15, 0.2) is 5.65 Å². The van der Waals surface area contributed by atoms with Crippen molar-refractivity contribution < 1.29 is 9.53 Å². The third-order valence-corrected chi connectivity index (χ3v) is 5.30. The number of methoxy groups -OCH3 is 1. The van der Waals surface area contributed by atoms with Crippen LogP contribution < -0.4 is 15.8 Å². The maximum atomic E-state index is 12.8. The summed E-state index contributed by atoms with van der Waals surface area (Å²) in [5, 5.41) is 2.98. The van der Waals surface area contributed by atoms with E-state index in [-0.39, 0.29) is 34.6 Å². The average Bonchev–Trinajstić information content (AvgIpc) is 3.09. The van der Waals surface area contributed by atoms with Crippen LogP contribution in [0.25, 0.3) is 11.2 Å². The first-order valence-electron chi connectivity index (χ1n) is 7.89. The topological polar surface area (TPSA) is 145 Å². The molecule has 1 atom stereocenters. The molecule has 142 valence electrons. The summed E-state index contributed by atoms with van der Waals surface area (Å²) in [5.41, 5.74) is 6.81. The first-order chi connectivity index (χ1) is 12.9. The molecule has 3 rings (SSSR count). The fraction of sp³-hybridized carbons (Fsp3) is 0.333. The normalized spacial score (nSPS) is 12.3. The molecule has 12 heteroatoms. The van der Waals surface area contributed by atoms with Gasteiger partial charge in [0.1, 0.15) is 15.6 Å². The molecule has 0 radical (unpaired) electrons. The monoisotopic (exact) mass is 408 g/mol. The number of nitrogens with one attached hydrogen (secondary N) is 2. The molecule has 0 aromatic carbocycles. The minimum absolute atomic E-state index is 0.0154. The molecule has 0 aliphatic rings. The summed E-state index contributed by atoms with van der Waals surface area (Å²) in [6, 6.07) is 0. The number of hydrogen-bond acceptors (Lipinski definition) is 9. The van der Waals surface area contributed by atoms with Gasteiger partial charge in [-0.25, -0.2) is 15.0 Å². The van der Waals surface area contributed by atoms with Crippen molar-refractivity contribution in [3.8, 4) is 5.88 Å². The van der Waals surface area contributed by atoms with Gasteiger partial charge in [0.2, 0.25) is 23.7 Å². The zero-order chi connectivity index (χ0) is 19.6. The van der Waals surface area contributed by atoms with Crippen LogP contribution in [0, 0.1) is 5.92 Å². The predicted molar refractivity (Wildman–Crippen MR) is 103 cm³/mol. The summed E-state index contributed by atoms with van der Waals surface area (Å²) >= 11 is 7.17. The largest absolute Gasteiger partial charge is 0.480 e. The summed E-state index contributed by atoms with van der Waals surface area (Å²) in [7, 11) is 1.43. The van der Waals surface area contributed by atoms with Crippen molar-refractivity contribution in [3.63, 3.8) is 0 Å². The van der Waals surface area contributed by atoms with E-state index in [4.69, 9.17) is 22.1 Å². The number of amides is 1. The number of thioether (sulfide) groups is 1. The van der Waals surface area contributed by atoms with E-state index in [0.29, 0.717) is 16.2 Å². The van der Waals surface area contributed by atoms with Gasteiger partial charge in [0, 0.05) is 0 Å².